The maximum Gasteiger partial charge on any atom is 0.123 e. The molecule has 1 N–H and O–H groups in total. The van der Waals surface area contributed by atoms with Gasteiger partial charge < -0.3 is 14.7 Å². The summed E-state index contributed by atoms with van der Waals surface area (Å²) in [4.78, 5) is 4.77. The molecule has 6 heteroatoms. The van der Waals surface area contributed by atoms with Crippen LogP contribution in [0.2, 0.25) is 0 Å². The summed E-state index contributed by atoms with van der Waals surface area (Å²) in [6, 6.07) is 22.4. The molecule has 1 saturated heterocycles. The summed E-state index contributed by atoms with van der Waals surface area (Å²) in [6.45, 7) is 7.81. The van der Waals surface area contributed by atoms with Gasteiger partial charge in [0.1, 0.15) is 17.7 Å². The average Bonchev–Trinajstić information content (AvgIpc) is 2.88. The lowest BCUT2D eigenvalue weighted by atomic mass is 9.92. The highest BCUT2D eigenvalue weighted by Crippen LogP contribution is 2.27. The summed E-state index contributed by atoms with van der Waals surface area (Å²) >= 11 is 0. The molecule has 1 heterocycles. The summed E-state index contributed by atoms with van der Waals surface area (Å²) in [5.41, 5.74) is 1.80. The Bertz CT molecular complexity index is 989. The van der Waals surface area contributed by atoms with E-state index in [0.717, 1.165) is 56.0 Å². The highest BCUT2D eigenvalue weighted by molar-refractivity contribution is 5.30. The van der Waals surface area contributed by atoms with E-state index in [4.69, 9.17) is 4.74 Å². The van der Waals surface area contributed by atoms with Crippen LogP contribution < -0.4 is 0 Å². The summed E-state index contributed by atoms with van der Waals surface area (Å²) in [6.07, 6.45) is 0.314. The van der Waals surface area contributed by atoms with E-state index in [1.807, 2.05) is 37.3 Å². The van der Waals surface area contributed by atoms with Crippen LogP contribution >= 0.6 is 0 Å². The van der Waals surface area contributed by atoms with Crippen molar-refractivity contribution in [2.45, 2.75) is 25.0 Å². The molecule has 0 amide bonds. The molecule has 3 aromatic rings. The lowest BCUT2D eigenvalue weighted by Crippen LogP contribution is -2.48. The molecule has 1 aliphatic rings. The molecular weight excluding hydrogens is 446 g/mol. The normalized spacial score (nSPS) is 16.9. The summed E-state index contributed by atoms with van der Waals surface area (Å²) in [5.74, 6) is -0.593. The number of halogens is 2. The monoisotopic (exact) mass is 480 g/mol. The molecule has 4 nitrogen and oxygen atoms in total. The molecular formula is C29H34F2N2O2. The molecule has 0 saturated carbocycles. The zero-order valence-corrected chi connectivity index (χ0v) is 20.2. The highest BCUT2D eigenvalue weighted by atomic mass is 19.1. The van der Waals surface area contributed by atoms with Gasteiger partial charge in [-0.1, -0.05) is 54.6 Å². The Hall–Kier alpha value is -2.64. The van der Waals surface area contributed by atoms with Gasteiger partial charge in [0.05, 0.1) is 12.2 Å². The molecule has 186 valence electrons. The van der Waals surface area contributed by atoms with Gasteiger partial charge >= 0.3 is 0 Å². The van der Waals surface area contributed by atoms with Crippen molar-refractivity contribution in [3.8, 4) is 0 Å². The third-order valence-electron chi connectivity index (χ3n) is 6.81. The number of benzene rings is 3. The molecule has 1 fully saturated rings. The second-order valence-corrected chi connectivity index (χ2v) is 9.43. The van der Waals surface area contributed by atoms with E-state index in [1.165, 1.54) is 24.3 Å². The van der Waals surface area contributed by atoms with Gasteiger partial charge in [-0.15, -0.1) is 0 Å². The SMILES string of the molecule is CC(O)(CCN1CCN(CCOC(c2ccc(F)cc2)c2ccc(F)cc2)CC1)c1ccccc1. The van der Waals surface area contributed by atoms with Crippen molar-refractivity contribution in [1.29, 1.82) is 0 Å². The number of nitrogens with zero attached hydrogens (tertiary/aromatic N) is 2. The molecule has 0 radical (unpaired) electrons. The zero-order valence-electron chi connectivity index (χ0n) is 20.2. The van der Waals surface area contributed by atoms with Crippen molar-refractivity contribution in [2.75, 3.05) is 45.9 Å². The third kappa shape index (κ3) is 7.18. The van der Waals surface area contributed by atoms with Crippen molar-refractivity contribution < 1.29 is 18.6 Å². The lowest BCUT2D eigenvalue weighted by Gasteiger charge is -2.36. The summed E-state index contributed by atoms with van der Waals surface area (Å²) < 4.78 is 33.1. The van der Waals surface area contributed by atoms with Crippen LogP contribution in [0.1, 0.15) is 36.1 Å². The summed E-state index contributed by atoms with van der Waals surface area (Å²) in [7, 11) is 0. The zero-order chi connectivity index (χ0) is 24.7. The second kappa shape index (κ2) is 11.9. The molecule has 1 unspecified atom stereocenters. The van der Waals surface area contributed by atoms with Crippen molar-refractivity contribution in [1.82, 2.24) is 9.80 Å². The predicted octanol–water partition coefficient (Wildman–Crippen LogP) is 4.99. The van der Waals surface area contributed by atoms with Crippen LogP contribution in [0.4, 0.5) is 8.78 Å². The van der Waals surface area contributed by atoms with E-state index < -0.39 is 5.60 Å². The molecule has 0 aromatic heterocycles. The van der Waals surface area contributed by atoms with Crippen LogP contribution in [0.3, 0.4) is 0 Å². The maximum atomic E-state index is 13.4. The first-order chi connectivity index (χ1) is 16.9. The van der Waals surface area contributed by atoms with Gasteiger partial charge in [-0.05, 0) is 54.3 Å². The fraction of sp³-hybridized carbons (Fsp3) is 0.379. The van der Waals surface area contributed by atoms with Crippen LogP contribution in [0, 0.1) is 11.6 Å². The van der Waals surface area contributed by atoms with Crippen LogP contribution in [0.5, 0.6) is 0 Å². The fourth-order valence-electron chi connectivity index (χ4n) is 4.51. The Morgan fingerprint density at radius 3 is 1.77 bits per heavy atom. The van der Waals surface area contributed by atoms with Gasteiger partial charge in [0.2, 0.25) is 0 Å². The second-order valence-electron chi connectivity index (χ2n) is 9.43. The summed E-state index contributed by atoms with van der Waals surface area (Å²) in [5, 5.41) is 10.9. The van der Waals surface area contributed by atoms with Crippen molar-refractivity contribution in [2.24, 2.45) is 0 Å². The Morgan fingerprint density at radius 2 is 1.26 bits per heavy atom. The Kier molecular flexibility index (Phi) is 8.63. The quantitative estimate of drug-likeness (QED) is 0.444. The Morgan fingerprint density at radius 1 is 0.771 bits per heavy atom. The number of rotatable bonds is 10. The van der Waals surface area contributed by atoms with Crippen LogP contribution in [-0.4, -0.2) is 60.8 Å². The molecule has 0 spiro atoms. The van der Waals surface area contributed by atoms with Gasteiger partial charge in [0.25, 0.3) is 0 Å². The van der Waals surface area contributed by atoms with Crippen molar-refractivity contribution in [3.63, 3.8) is 0 Å². The molecule has 1 aliphatic heterocycles. The minimum absolute atomic E-state index is 0.297. The molecule has 0 bridgehead atoms. The average molecular weight is 481 g/mol. The van der Waals surface area contributed by atoms with Gasteiger partial charge in [0, 0.05) is 39.3 Å². The van der Waals surface area contributed by atoms with Gasteiger partial charge in [0.15, 0.2) is 0 Å². The highest BCUT2D eigenvalue weighted by Gasteiger charge is 2.25. The third-order valence-corrected chi connectivity index (χ3v) is 6.81. The van der Waals surface area contributed by atoms with E-state index in [-0.39, 0.29) is 17.7 Å². The van der Waals surface area contributed by atoms with Crippen LogP contribution in [0.15, 0.2) is 78.9 Å². The van der Waals surface area contributed by atoms with Crippen LogP contribution in [0.25, 0.3) is 0 Å². The minimum atomic E-state index is -0.831. The van der Waals surface area contributed by atoms with Crippen LogP contribution in [-0.2, 0) is 10.3 Å². The van der Waals surface area contributed by atoms with Gasteiger partial charge in [-0.25, -0.2) is 8.78 Å². The standard InChI is InChI=1S/C29H34F2N2O2/c1-29(34,25-5-3-2-4-6-25)15-16-32-17-19-33(20-18-32)21-22-35-28(23-7-11-26(30)12-8-23)24-9-13-27(31)14-10-24/h2-14,28,34H,15-22H2,1H3. The Labute approximate surface area is 206 Å². The maximum absolute atomic E-state index is 13.4. The van der Waals surface area contributed by atoms with E-state index in [1.54, 1.807) is 24.3 Å². The van der Waals surface area contributed by atoms with Crippen molar-refractivity contribution >= 4 is 0 Å². The molecule has 0 aliphatic carbocycles. The molecule has 1 atom stereocenters. The molecule has 4 rings (SSSR count). The van der Waals surface area contributed by atoms with E-state index >= 15 is 0 Å². The largest absolute Gasteiger partial charge is 0.385 e. The number of aliphatic hydroxyl groups is 1. The van der Waals surface area contributed by atoms with E-state index in [9.17, 15) is 13.9 Å². The van der Waals surface area contributed by atoms with Gasteiger partial charge in [-0.3, -0.25) is 4.90 Å². The molecule has 3 aromatic carbocycles. The molecule has 35 heavy (non-hydrogen) atoms. The topological polar surface area (TPSA) is 35.9 Å². The smallest absolute Gasteiger partial charge is 0.123 e. The first-order valence-electron chi connectivity index (χ1n) is 12.3. The first kappa shape index (κ1) is 25.5. The lowest BCUT2D eigenvalue weighted by molar-refractivity contribution is 0.0213. The number of hydrogen-bond acceptors (Lipinski definition) is 4. The number of hydrogen-bond donors (Lipinski definition) is 1. The number of piperazine rings is 1. The fourth-order valence-corrected chi connectivity index (χ4v) is 4.51. The minimum Gasteiger partial charge on any atom is -0.385 e. The van der Waals surface area contributed by atoms with E-state index in [2.05, 4.69) is 9.80 Å². The van der Waals surface area contributed by atoms with Crippen molar-refractivity contribution in [3.05, 3.63) is 107 Å². The first-order valence-corrected chi connectivity index (χ1v) is 12.3. The predicted molar refractivity (Wildman–Crippen MR) is 134 cm³/mol. The van der Waals surface area contributed by atoms with E-state index in [0.29, 0.717) is 13.0 Å². The Balaban J connectivity index is 1.25. The van der Waals surface area contributed by atoms with Gasteiger partial charge in [-0.2, -0.15) is 0 Å². The number of ether oxygens (including phenoxy) is 1.